The van der Waals surface area contributed by atoms with E-state index in [-0.39, 0.29) is 29.3 Å². The smallest absolute Gasteiger partial charge is 0.225 e. The van der Waals surface area contributed by atoms with Crippen LogP contribution in [0.1, 0.15) is 52.9 Å². The second kappa shape index (κ2) is 7.70. The number of rotatable bonds is 3. The maximum Gasteiger partial charge on any atom is 0.225 e. The molecule has 3 heterocycles. The molecule has 154 valence electrons. The van der Waals surface area contributed by atoms with Crippen LogP contribution in [0.4, 0.5) is 0 Å². The Kier molecular flexibility index (Phi) is 5.87. The molecular weight excluding hydrogens is 366 g/mol. The lowest BCUT2D eigenvalue weighted by Crippen LogP contribution is -2.51. The number of carbonyl (C=O) groups is 2. The number of carbonyl (C=O) groups excluding carboxylic acids is 2. The van der Waals surface area contributed by atoms with E-state index >= 15 is 0 Å². The number of hydrogen-bond donors (Lipinski definition) is 1. The largest absolute Gasteiger partial charge is 0.353 e. The fraction of sp³-hybridized carbons (Fsp3) is 0.895. The van der Waals surface area contributed by atoms with Crippen LogP contribution in [-0.2, 0) is 19.4 Å². The molecule has 8 heteroatoms. The van der Waals surface area contributed by atoms with Gasteiger partial charge in [-0.1, -0.05) is 0 Å². The van der Waals surface area contributed by atoms with Crippen LogP contribution in [0, 0.1) is 5.92 Å². The maximum atomic E-state index is 12.6. The molecule has 2 amide bonds. The maximum absolute atomic E-state index is 12.6. The molecule has 0 aromatic rings. The average Bonchev–Trinajstić information content (AvgIpc) is 2.98. The predicted molar refractivity (Wildman–Crippen MR) is 104 cm³/mol. The molecule has 0 aliphatic carbocycles. The highest BCUT2D eigenvalue weighted by atomic mass is 32.2. The van der Waals surface area contributed by atoms with Crippen molar-refractivity contribution in [3.63, 3.8) is 0 Å². The Bertz CT molecular complexity index is 664. The van der Waals surface area contributed by atoms with Crippen LogP contribution in [0.5, 0.6) is 0 Å². The molecule has 7 nitrogen and oxygen atoms in total. The summed E-state index contributed by atoms with van der Waals surface area (Å²) in [6.45, 7) is 8.29. The van der Waals surface area contributed by atoms with Crippen molar-refractivity contribution in [3.8, 4) is 0 Å². The van der Waals surface area contributed by atoms with Crippen molar-refractivity contribution in [2.45, 2.75) is 70.5 Å². The van der Waals surface area contributed by atoms with Gasteiger partial charge in [0.1, 0.15) is 9.84 Å². The minimum absolute atomic E-state index is 0.00249. The molecule has 0 saturated carbocycles. The van der Waals surface area contributed by atoms with Gasteiger partial charge >= 0.3 is 0 Å². The third kappa shape index (κ3) is 5.02. The van der Waals surface area contributed by atoms with Crippen molar-refractivity contribution in [2.24, 2.45) is 5.92 Å². The highest BCUT2D eigenvalue weighted by Gasteiger charge is 2.40. The number of amides is 2. The Morgan fingerprint density at radius 1 is 1.07 bits per heavy atom. The summed E-state index contributed by atoms with van der Waals surface area (Å²) in [6.07, 6.45) is 3.54. The van der Waals surface area contributed by atoms with Gasteiger partial charge in [0.2, 0.25) is 11.8 Å². The van der Waals surface area contributed by atoms with Gasteiger partial charge in [-0.2, -0.15) is 0 Å². The summed E-state index contributed by atoms with van der Waals surface area (Å²) in [6, 6.07) is 0.512. The zero-order chi connectivity index (χ0) is 19.8. The second-order valence-electron chi connectivity index (χ2n) is 9.28. The van der Waals surface area contributed by atoms with Crippen LogP contribution in [-0.4, -0.2) is 78.8 Å². The quantitative estimate of drug-likeness (QED) is 0.758. The van der Waals surface area contributed by atoms with Crippen molar-refractivity contribution in [1.82, 2.24) is 15.1 Å². The van der Waals surface area contributed by atoms with Gasteiger partial charge in [-0.25, -0.2) is 8.42 Å². The molecule has 0 aromatic carbocycles. The Hall–Kier alpha value is -1.15. The van der Waals surface area contributed by atoms with E-state index in [1.165, 1.54) is 0 Å². The van der Waals surface area contributed by atoms with Crippen LogP contribution < -0.4 is 5.32 Å². The summed E-state index contributed by atoms with van der Waals surface area (Å²) in [5.74, 6) is 0.406. The van der Waals surface area contributed by atoms with Crippen LogP contribution in [0.3, 0.4) is 0 Å². The van der Waals surface area contributed by atoms with E-state index in [1.807, 2.05) is 20.8 Å². The lowest BCUT2D eigenvalue weighted by atomic mass is 9.99. The van der Waals surface area contributed by atoms with E-state index in [2.05, 4.69) is 10.2 Å². The topological polar surface area (TPSA) is 86.8 Å². The monoisotopic (exact) mass is 399 g/mol. The number of hydrogen-bond acceptors (Lipinski definition) is 5. The third-order valence-corrected chi connectivity index (χ3v) is 7.94. The average molecular weight is 400 g/mol. The van der Waals surface area contributed by atoms with Crippen molar-refractivity contribution in [2.75, 3.05) is 31.1 Å². The van der Waals surface area contributed by atoms with E-state index in [1.54, 1.807) is 4.90 Å². The molecule has 3 saturated heterocycles. The Morgan fingerprint density at radius 2 is 1.67 bits per heavy atom. The first kappa shape index (κ1) is 20.6. The van der Waals surface area contributed by atoms with E-state index in [0.717, 1.165) is 38.8 Å². The van der Waals surface area contributed by atoms with Gasteiger partial charge in [0.25, 0.3) is 0 Å². The lowest BCUT2D eigenvalue weighted by Gasteiger charge is -2.39. The lowest BCUT2D eigenvalue weighted by molar-refractivity contribution is -0.132. The zero-order valence-corrected chi connectivity index (χ0v) is 17.6. The second-order valence-corrected chi connectivity index (χ2v) is 11.6. The molecule has 3 fully saturated rings. The molecule has 3 aliphatic heterocycles. The summed E-state index contributed by atoms with van der Waals surface area (Å²) in [5.41, 5.74) is -0.245. The molecule has 3 aliphatic rings. The van der Waals surface area contributed by atoms with Gasteiger partial charge < -0.3 is 15.1 Å². The SMILES string of the molecule is CC(C)(C)N1CC(C(=O)NC2CCN(C3CCS(=O)(=O)CC3)CC2)CC1=O. The molecule has 0 radical (unpaired) electrons. The first-order valence-electron chi connectivity index (χ1n) is 10.1. The Labute approximate surface area is 162 Å². The molecule has 27 heavy (non-hydrogen) atoms. The third-order valence-electron chi connectivity index (χ3n) is 6.22. The number of sulfone groups is 1. The molecule has 1 atom stereocenters. The number of nitrogens with one attached hydrogen (secondary N) is 1. The van der Waals surface area contributed by atoms with Gasteiger partial charge in [0.15, 0.2) is 0 Å². The highest BCUT2D eigenvalue weighted by Crippen LogP contribution is 2.27. The van der Waals surface area contributed by atoms with Crippen molar-refractivity contribution in [1.29, 1.82) is 0 Å². The first-order chi connectivity index (χ1) is 12.5. The minimum atomic E-state index is -2.83. The molecule has 0 aromatic heterocycles. The van der Waals surface area contributed by atoms with Crippen molar-refractivity contribution >= 4 is 21.7 Å². The van der Waals surface area contributed by atoms with Crippen LogP contribution >= 0.6 is 0 Å². The van der Waals surface area contributed by atoms with Gasteiger partial charge in [0.05, 0.1) is 17.4 Å². The summed E-state index contributed by atoms with van der Waals surface area (Å²) in [5, 5.41) is 3.15. The zero-order valence-electron chi connectivity index (χ0n) is 16.7. The number of likely N-dealkylation sites (tertiary alicyclic amines) is 2. The summed E-state index contributed by atoms with van der Waals surface area (Å²) in [7, 11) is -2.83. The normalized spacial score (nSPS) is 28.5. The van der Waals surface area contributed by atoms with E-state index in [9.17, 15) is 18.0 Å². The summed E-state index contributed by atoms with van der Waals surface area (Å²) < 4.78 is 23.2. The molecule has 1 unspecified atom stereocenters. The van der Waals surface area contributed by atoms with Crippen LogP contribution in [0.2, 0.25) is 0 Å². The van der Waals surface area contributed by atoms with Gasteiger partial charge in [-0.15, -0.1) is 0 Å². The fourth-order valence-corrected chi connectivity index (χ4v) is 5.97. The van der Waals surface area contributed by atoms with Gasteiger partial charge in [-0.3, -0.25) is 9.59 Å². The standard InChI is InChI=1S/C19H33N3O4S/c1-19(2,3)22-13-14(12-17(22)23)18(24)20-15-4-8-21(9-5-15)16-6-10-27(25,26)11-7-16/h14-16H,4-13H2,1-3H3,(H,20,24). The first-order valence-corrected chi connectivity index (χ1v) is 11.9. The van der Waals surface area contributed by atoms with E-state index < -0.39 is 9.84 Å². The van der Waals surface area contributed by atoms with E-state index in [0.29, 0.717) is 30.5 Å². The Morgan fingerprint density at radius 3 is 2.19 bits per heavy atom. The highest BCUT2D eigenvalue weighted by molar-refractivity contribution is 7.91. The fourth-order valence-electron chi connectivity index (χ4n) is 4.50. The van der Waals surface area contributed by atoms with Gasteiger partial charge in [0, 0.05) is 43.7 Å². The number of piperidine rings is 1. The minimum Gasteiger partial charge on any atom is -0.353 e. The summed E-state index contributed by atoms with van der Waals surface area (Å²) in [4.78, 5) is 29.0. The molecular formula is C19H33N3O4S. The summed E-state index contributed by atoms with van der Waals surface area (Å²) >= 11 is 0. The molecule has 3 rings (SSSR count). The van der Waals surface area contributed by atoms with E-state index in [4.69, 9.17) is 0 Å². The predicted octanol–water partition coefficient (Wildman–Crippen LogP) is 0.791. The molecule has 0 spiro atoms. The number of nitrogens with zero attached hydrogens (tertiary/aromatic N) is 2. The van der Waals surface area contributed by atoms with Crippen LogP contribution in [0.25, 0.3) is 0 Å². The van der Waals surface area contributed by atoms with Crippen molar-refractivity contribution in [3.05, 3.63) is 0 Å². The Balaban J connectivity index is 1.44. The molecule has 0 bridgehead atoms. The van der Waals surface area contributed by atoms with Crippen molar-refractivity contribution < 1.29 is 18.0 Å². The van der Waals surface area contributed by atoms with Gasteiger partial charge in [-0.05, 0) is 46.5 Å². The van der Waals surface area contributed by atoms with Crippen LogP contribution in [0.15, 0.2) is 0 Å². The molecule has 1 N–H and O–H groups in total.